The summed E-state index contributed by atoms with van der Waals surface area (Å²) in [5.41, 5.74) is 0. The fourth-order valence-corrected chi connectivity index (χ4v) is 8.83. The van der Waals surface area contributed by atoms with E-state index in [1.807, 2.05) is 0 Å². The molecule has 1 aliphatic heterocycles. The number of hydrogen-bond acceptors (Lipinski definition) is 0. The summed E-state index contributed by atoms with van der Waals surface area (Å²) < 4.78 is 0. The van der Waals surface area contributed by atoms with Crippen LogP contribution < -0.4 is 0 Å². The van der Waals surface area contributed by atoms with Crippen molar-refractivity contribution < 1.29 is 0 Å². The minimum absolute atomic E-state index is 0.285. The van der Waals surface area contributed by atoms with Crippen molar-refractivity contribution in [3.63, 3.8) is 0 Å². The zero-order valence-electron chi connectivity index (χ0n) is 14.8. The van der Waals surface area contributed by atoms with Gasteiger partial charge in [-0.1, -0.05) is 78.1 Å². The topological polar surface area (TPSA) is 0 Å². The van der Waals surface area contributed by atoms with Crippen LogP contribution >= 0.6 is 7.92 Å². The van der Waals surface area contributed by atoms with Crippen molar-refractivity contribution in [1.82, 2.24) is 0 Å². The predicted octanol–water partition coefficient (Wildman–Crippen LogP) is 7.35. The van der Waals surface area contributed by atoms with Crippen molar-refractivity contribution in [1.29, 1.82) is 0 Å². The molecule has 1 heteroatoms. The van der Waals surface area contributed by atoms with Crippen molar-refractivity contribution in [3.8, 4) is 0 Å². The Balaban J connectivity index is 2.11. The molecule has 0 nitrogen and oxygen atoms in total. The second-order valence-electron chi connectivity index (χ2n) is 7.99. The standard InChI is InChI=1S/C20H39P/c1-19(2)20(15-11-7-3-4-8-12-16-20)21-17-13-9-5-6-10-14-18-21/h19H,3-18H2,1-2H3. The van der Waals surface area contributed by atoms with Gasteiger partial charge in [0.15, 0.2) is 0 Å². The molecule has 1 aliphatic carbocycles. The molecule has 0 spiro atoms. The fourth-order valence-electron chi connectivity index (χ4n) is 4.82. The molecule has 2 fully saturated rings. The lowest BCUT2D eigenvalue weighted by molar-refractivity contribution is 0.358. The highest BCUT2D eigenvalue weighted by Crippen LogP contribution is 2.60. The summed E-state index contributed by atoms with van der Waals surface area (Å²) in [6, 6.07) is 0. The van der Waals surface area contributed by atoms with Crippen LogP contribution in [0.15, 0.2) is 0 Å². The Bertz CT molecular complexity index is 251. The Morgan fingerprint density at radius 3 is 1.38 bits per heavy atom. The van der Waals surface area contributed by atoms with Crippen LogP contribution in [0.1, 0.15) is 104 Å². The average Bonchev–Trinajstić information content (AvgIpc) is 2.69. The molecule has 1 heterocycles. The Morgan fingerprint density at radius 1 is 0.571 bits per heavy atom. The SMILES string of the molecule is CC(C)C1(P2CCCCCCCC2)CCCCCCCC1. The zero-order valence-corrected chi connectivity index (χ0v) is 15.7. The summed E-state index contributed by atoms with van der Waals surface area (Å²) in [6.45, 7) is 5.12. The van der Waals surface area contributed by atoms with Gasteiger partial charge in [-0.3, -0.25) is 0 Å². The van der Waals surface area contributed by atoms with Crippen LogP contribution in [0.4, 0.5) is 0 Å². The highest BCUT2D eigenvalue weighted by Gasteiger charge is 2.39. The molecule has 0 bridgehead atoms. The molecule has 0 aromatic carbocycles. The summed E-state index contributed by atoms with van der Waals surface area (Å²) in [5, 5.41) is 0.754. The molecule has 0 unspecified atom stereocenters. The maximum Gasteiger partial charge on any atom is -0.00714 e. The van der Waals surface area contributed by atoms with Crippen LogP contribution in [0, 0.1) is 5.92 Å². The molecule has 1 saturated carbocycles. The van der Waals surface area contributed by atoms with Crippen LogP contribution in [0.5, 0.6) is 0 Å². The van der Waals surface area contributed by atoms with E-state index in [9.17, 15) is 0 Å². The minimum Gasteiger partial charge on any atom is -0.100 e. The molecule has 0 aromatic rings. The Labute approximate surface area is 135 Å². The van der Waals surface area contributed by atoms with E-state index in [0.717, 1.165) is 11.1 Å². The minimum atomic E-state index is 0.285. The van der Waals surface area contributed by atoms with Crippen LogP contribution in [0.2, 0.25) is 0 Å². The average molecular weight is 311 g/mol. The Morgan fingerprint density at radius 2 is 0.952 bits per heavy atom. The molecule has 124 valence electrons. The van der Waals surface area contributed by atoms with E-state index in [1.54, 1.807) is 38.0 Å². The van der Waals surface area contributed by atoms with E-state index >= 15 is 0 Å². The third-order valence-corrected chi connectivity index (χ3v) is 10.2. The lowest BCUT2D eigenvalue weighted by Gasteiger charge is -2.46. The van der Waals surface area contributed by atoms with Crippen LogP contribution in [0.25, 0.3) is 0 Å². The maximum atomic E-state index is 2.56. The van der Waals surface area contributed by atoms with Gasteiger partial charge in [-0.05, 0) is 49.1 Å². The first-order chi connectivity index (χ1) is 10.3. The van der Waals surface area contributed by atoms with Gasteiger partial charge in [-0.15, -0.1) is 7.92 Å². The lowest BCUT2D eigenvalue weighted by Crippen LogP contribution is -2.35. The van der Waals surface area contributed by atoms with Gasteiger partial charge in [-0.25, -0.2) is 0 Å². The van der Waals surface area contributed by atoms with Gasteiger partial charge < -0.3 is 0 Å². The second-order valence-corrected chi connectivity index (χ2v) is 10.9. The van der Waals surface area contributed by atoms with E-state index in [2.05, 4.69) is 13.8 Å². The highest BCUT2D eigenvalue weighted by atomic mass is 31.1. The molecular formula is C20H39P. The lowest BCUT2D eigenvalue weighted by atomic mass is 9.85. The van der Waals surface area contributed by atoms with Gasteiger partial charge in [0.05, 0.1) is 0 Å². The first-order valence-corrected chi connectivity index (χ1v) is 11.7. The van der Waals surface area contributed by atoms with E-state index < -0.39 is 0 Å². The highest BCUT2D eigenvalue weighted by molar-refractivity contribution is 7.59. The first kappa shape index (κ1) is 17.8. The summed E-state index contributed by atoms with van der Waals surface area (Å²) in [6.07, 6.45) is 24.6. The molecule has 1 saturated heterocycles. The predicted molar refractivity (Wildman–Crippen MR) is 98.9 cm³/mol. The summed E-state index contributed by atoms with van der Waals surface area (Å²) in [4.78, 5) is 0. The van der Waals surface area contributed by atoms with Gasteiger partial charge in [0.25, 0.3) is 0 Å². The van der Waals surface area contributed by atoms with Gasteiger partial charge in [-0.2, -0.15) is 0 Å². The van der Waals surface area contributed by atoms with Gasteiger partial charge in [0.2, 0.25) is 0 Å². The molecule has 2 rings (SSSR count). The largest absolute Gasteiger partial charge is 0.100 e. The Hall–Kier alpha value is 0.430. The third kappa shape index (κ3) is 5.23. The molecule has 0 radical (unpaired) electrons. The van der Waals surface area contributed by atoms with Crippen molar-refractivity contribution in [2.75, 3.05) is 12.3 Å². The van der Waals surface area contributed by atoms with Crippen molar-refractivity contribution >= 4 is 7.92 Å². The van der Waals surface area contributed by atoms with Crippen LogP contribution in [-0.4, -0.2) is 17.5 Å². The van der Waals surface area contributed by atoms with E-state index in [1.165, 1.54) is 64.2 Å². The smallest absolute Gasteiger partial charge is 0.00714 e. The van der Waals surface area contributed by atoms with E-state index in [-0.39, 0.29) is 7.92 Å². The molecule has 2 aliphatic rings. The van der Waals surface area contributed by atoms with E-state index in [4.69, 9.17) is 0 Å². The first-order valence-electron chi connectivity index (χ1n) is 10.0. The molecule has 0 amide bonds. The third-order valence-electron chi connectivity index (χ3n) is 6.28. The van der Waals surface area contributed by atoms with Gasteiger partial charge in [0.1, 0.15) is 0 Å². The van der Waals surface area contributed by atoms with E-state index in [0.29, 0.717) is 0 Å². The Kier molecular flexibility index (Phi) is 8.08. The molecule has 0 aromatic heterocycles. The van der Waals surface area contributed by atoms with Crippen LogP contribution in [-0.2, 0) is 0 Å². The number of rotatable bonds is 2. The molecule has 0 N–H and O–H groups in total. The van der Waals surface area contributed by atoms with Gasteiger partial charge >= 0.3 is 0 Å². The maximum absolute atomic E-state index is 2.56. The van der Waals surface area contributed by atoms with Crippen molar-refractivity contribution in [2.24, 2.45) is 5.92 Å². The summed E-state index contributed by atoms with van der Waals surface area (Å²) in [5.74, 6) is 0.919. The zero-order chi connectivity index (χ0) is 15.0. The summed E-state index contributed by atoms with van der Waals surface area (Å²) in [7, 11) is 0.285. The monoisotopic (exact) mass is 310 g/mol. The van der Waals surface area contributed by atoms with Crippen LogP contribution in [0.3, 0.4) is 0 Å². The molecular weight excluding hydrogens is 271 g/mol. The molecule has 0 atom stereocenters. The normalized spacial score (nSPS) is 27.0. The second kappa shape index (κ2) is 9.54. The van der Waals surface area contributed by atoms with Crippen molar-refractivity contribution in [3.05, 3.63) is 0 Å². The molecule has 21 heavy (non-hydrogen) atoms. The van der Waals surface area contributed by atoms with Crippen molar-refractivity contribution in [2.45, 2.75) is 109 Å². The van der Waals surface area contributed by atoms with Gasteiger partial charge in [0, 0.05) is 0 Å². The number of hydrogen-bond donors (Lipinski definition) is 0. The quantitative estimate of drug-likeness (QED) is 0.468. The summed E-state index contributed by atoms with van der Waals surface area (Å²) >= 11 is 0. The fraction of sp³-hybridized carbons (Fsp3) is 1.00.